The number of rotatable bonds is 4. The second-order valence-corrected chi connectivity index (χ2v) is 4.38. The largest absolute Gasteiger partial charge is 0.467 e. The molecule has 1 atom stereocenters. The van der Waals surface area contributed by atoms with Gasteiger partial charge in [0.25, 0.3) is 0 Å². The molecule has 0 saturated heterocycles. The lowest BCUT2D eigenvalue weighted by atomic mass is 10.0. The van der Waals surface area contributed by atoms with Crippen molar-refractivity contribution in [1.82, 2.24) is 10.3 Å². The van der Waals surface area contributed by atoms with E-state index in [2.05, 4.69) is 10.3 Å². The number of aromatic nitrogens is 1. The zero-order chi connectivity index (χ0) is 13.8. The third kappa shape index (κ3) is 3.13. The molecule has 0 aliphatic rings. The summed E-state index contributed by atoms with van der Waals surface area (Å²) in [7, 11) is 1.31. The van der Waals surface area contributed by atoms with Crippen molar-refractivity contribution < 1.29 is 14.3 Å². The van der Waals surface area contributed by atoms with Gasteiger partial charge in [0.1, 0.15) is 6.04 Å². The van der Waals surface area contributed by atoms with Crippen molar-refractivity contribution in [3.05, 3.63) is 36.0 Å². The summed E-state index contributed by atoms with van der Waals surface area (Å²) >= 11 is 0. The molecule has 0 spiro atoms. The molecule has 1 aromatic carbocycles. The maximum atomic E-state index is 11.6. The van der Waals surface area contributed by atoms with Gasteiger partial charge in [-0.15, -0.1) is 0 Å². The van der Waals surface area contributed by atoms with Crippen LogP contribution in [0.25, 0.3) is 10.9 Å². The Morgan fingerprint density at radius 2 is 2.16 bits per heavy atom. The molecule has 2 N–H and O–H groups in total. The van der Waals surface area contributed by atoms with E-state index in [0.717, 1.165) is 16.5 Å². The number of esters is 1. The third-order valence-electron chi connectivity index (χ3n) is 2.92. The Kier molecular flexibility index (Phi) is 3.85. The number of hydrogen-bond acceptors (Lipinski definition) is 3. The highest BCUT2D eigenvalue weighted by Crippen LogP contribution is 2.15. The van der Waals surface area contributed by atoms with E-state index >= 15 is 0 Å². The summed E-state index contributed by atoms with van der Waals surface area (Å²) in [5.74, 6) is -0.696. The lowest BCUT2D eigenvalue weighted by Gasteiger charge is -2.15. The van der Waals surface area contributed by atoms with Crippen LogP contribution in [0.3, 0.4) is 0 Å². The van der Waals surface area contributed by atoms with Crippen molar-refractivity contribution >= 4 is 22.8 Å². The fourth-order valence-corrected chi connectivity index (χ4v) is 2.04. The molecule has 5 nitrogen and oxygen atoms in total. The predicted molar refractivity (Wildman–Crippen MR) is 71.6 cm³/mol. The molecule has 2 aromatic rings. The van der Waals surface area contributed by atoms with Gasteiger partial charge >= 0.3 is 5.97 Å². The monoisotopic (exact) mass is 260 g/mol. The Morgan fingerprint density at radius 3 is 2.84 bits per heavy atom. The highest BCUT2D eigenvalue weighted by atomic mass is 16.5. The van der Waals surface area contributed by atoms with Crippen molar-refractivity contribution in [1.29, 1.82) is 0 Å². The number of amides is 1. The van der Waals surface area contributed by atoms with Crippen molar-refractivity contribution in [2.75, 3.05) is 7.11 Å². The number of aromatic amines is 1. The lowest BCUT2D eigenvalue weighted by molar-refractivity contribution is -0.144. The average molecular weight is 260 g/mol. The normalized spacial score (nSPS) is 12.1. The molecular formula is C14H16N2O3. The number of hydrogen-bond donors (Lipinski definition) is 2. The molecule has 5 heteroatoms. The van der Waals surface area contributed by atoms with Gasteiger partial charge in [-0.2, -0.15) is 0 Å². The van der Waals surface area contributed by atoms with Crippen molar-refractivity contribution in [2.45, 2.75) is 19.4 Å². The first-order chi connectivity index (χ1) is 9.10. The number of methoxy groups -OCH3 is 1. The maximum absolute atomic E-state index is 11.6. The van der Waals surface area contributed by atoms with Crippen LogP contribution in [0.2, 0.25) is 0 Å². The van der Waals surface area contributed by atoms with Crippen LogP contribution in [0.4, 0.5) is 0 Å². The predicted octanol–water partition coefficient (Wildman–Crippen LogP) is 1.39. The Labute approximate surface area is 110 Å². The van der Waals surface area contributed by atoms with Crippen molar-refractivity contribution in [3.63, 3.8) is 0 Å². The van der Waals surface area contributed by atoms with Gasteiger partial charge in [0.15, 0.2) is 0 Å². The third-order valence-corrected chi connectivity index (χ3v) is 2.92. The minimum Gasteiger partial charge on any atom is -0.467 e. The van der Waals surface area contributed by atoms with E-state index in [0.29, 0.717) is 6.42 Å². The first-order valence-corrected chi connectivity index (χ1v) is 6.01. The molecule has 0 unspecified atom stereocenters. The summed E-state index contributed by atoms with van der Waals surface area (Å²) in [6.07, 6.45) is 2.27. The molecule has 1 aromatic heterocycles. The van der Waals surface area contributed by atoms with Crippen molar-refractivity contribution in [3.8, 4) is 0 Å². The molecular weight excluding hydrogens is 244 g/mol. The van der Waals surface area contributed by atoms with Gasteiger partial charge in [-0.05, 0) is 23.1 Å². The Balaban J connectivity index is 2.19. The number of H-pyrrole nitrogens is 1. The summed E-state index contributed by atoms with van der Waals surface area (Å²) in [4.78, 5) is 25.8. The summed E-state index contributed by atoms with van der Waals surface area (Å²) in [6, 6.07) is 7.20. The van der Waals surface area contributed by atoms with Gasteiger partial charge in [0.05, 0.1) is 7.11 Å². The molecule has 100 valence electrons. The highest BCUT2D eigenvalue weighted by molar-refractivity contribution is 5.84. The molecule has 0 aliphatic heterocycles. The van der Waals surface area contributed by atoms with E-state index in [1.54, 1.807) is 0 Å². The number of ether oxygens (including phenoxy) is 1. The smallest absolute Gasteiger partial charge is 0.328 e. The summed E-state index contributed by atoms with van der Waals surface area (Å²) in [5, 5.41) is 3.71. The Hall–Kier alpha value is -2.30. The molecule has 1 heterocycles. The van der Waals surface area contributed by atoms with Crippen LogP contribution in [-0.2, 0) is 20.7 Å². The lowest BCUT2D eigenvalue weighted by Crippen LogP contribution is -2.41. The van der Waals surface area contributed by atoms with E-state index in [4.69, 9.17) is 4.74 Å². The number of carbonyl (C=O) groups is 2. The van der Waals surface area contributed by atoms with Crippen LogP contribution in [-0.4, -0.2) is 30.0 Å². The fraction of sp³-hybridized carbons (Fsp3) is 0.286. The molecule has 0 radical (unpaired) electrons. The second-order valence-electron chi connectivity index (χ2n) is 4.38. The minimum atomic E-state index is -0.657. The van der Waals surface area contributed by atoms with Gasteiger partial charge in [0.2, 0.25) is 5.91 Å². The molecule has 1 amide bonds. The van der Waals surface area contributed by atoms with E-state index in [-0.39, 0.29) is 5.91 Å². The number of carbonyl (C=O) groups excluding carboxylic acids is 2. The van der Waals surface area contributed by atoms with Crippen LogP contribution in [0.1, 0.15) is 12.5 Å². The second kappa shape index (κ2) is 5.56. The summed E-state index contributed by atoms with van der Waals surface area (Å²) < 4.78 is 4.70. The standard InChI is InChI=1S/C14H16N2O3/c1-9(17)16-13(14(18)19-2)8-10-3-4-11-5-6-15-12(11)7-10/h3-7,13,15H,8H2,1-2H3,(H,16,17)/t13-/m0/s1. The summed E-state index contributed by atoms with van der Waals surface area (Å²) in [6.45, 7) is 1.38. The highest BCUT2D eigenvalue weighted by Gasteiger charge is 2.20. The van der Waals surface area contributed by atoms with E-state index in [1.807, 2.05) is 30.5 Å². The SMILES string of the molecule is COC(=O)[C@H](Cc1ccc2cc[nH]c2c1)NC(C)=O. The average Bonchev–Trinajstić information content (AvgIpc) is 2.84. The Bertz CT molecular complexity index is 604. The van der Waals surface area contributed by atoms with Gasteiger partial charge in [0, 0.05) is 25.1 Å². The van der Waals surface area contributed by atoms with Crippen LogP contribution in [0.15, 0.2) is 30.5 Å². The van der Waals surface area contributed by atoms with E-state index < -0.39 is 12.0 Å². The quantitative estimate of drug-likeness (QED) is 0.816. The zero-order valence-electron chi connectivity index (χ0n) is 10.9. The van der Waals surface area contributed by atoms with Crippen LogP contribution in [0.5, 0.6) is 0 Å². The molecule has 0 aliphatic carbocycles. The van der Waals surface area contributed by atoms with Gasteiger partial charge < -0.3 is 15.0 Å². The number of benzene rings is 1. The molecule has 19 heavy (non-hydrogen) atoms. The van der Waals surface area contributed by atoms with Gasteiger partial charge in [-0.25, -0.2) is 4.79 Å². The van der Waals surface area contributed by atoms with Crippen molar-refractivity contribution in [2.24, 2.45) is 0 Å². The van der Waals surface area contributed by atoms with E-state index in [9.17, 15) is 9.59 Å². The summed E-state index contributed by atoms with van der Waals surface area (Å²) in [5.41, 5.74) is 1.96. The molecule has 0 bridgehead atoms. The first-order valence-electron chi connectivity index (χ1n) is 6.01. The minimum absolute atomic E-state index is 0.253. The van der Waals surface area contributed by atoms with Gasteiger partial charge in [-0.1, -0.05) is 12.1 Å². The molecule has 0 fully saturated rings. The Morgan fingerprint density at radius 1 is 1.37 bits per heavy atom. The number of fused-ring (bicyclic) bond motifs is 1. The van der Waals surface area contributed by atoms with Gasteiger partial charge in [-0.3, -0.25) is 4.79 Å². The van der Waals surface area contributed by atoms with Crippen LogP contribution >= 0.6 is 0 Å². The van der Waals surface area contributed by atoms with Crippen LogP contribution in [0, 0.1) is 0 Å². The number of nitrogens with one attached hydrogen (secondary N) is 2. The molecule has 0 saturated carbocycles. The molecule has 2 rings (SSSR count). The first kappa shape index (κ1) is 13.1. The fourth-order valence-electron chi connectivity index (χ4n) is 2.04. The van der Waals surface area contributed by atoms with E-state index in [1.165, 1.54) is 14.0 Å². The topological polar surface area (TPSA) is 71.2 Å². The maximum Gasteiger partial charge on any atom is 0.328 e. The van der Waals surface area contributed by atoms with Crippen LogP contribution < -0.4 is 5.32 Å². The zero-order valence-corrected chi connectivity index (χ0v) is 10.9.